The number of rotatable bonds is 6. The second-order valence-electron chi connectivity index (χ2n) is 3.65. The molecule has 18 heavy (non-hydrogen) atoms. The van der Waals surface area contributed by atoms with Crippen LogP contribution in [0.5, 0.6) is 0 Å². The summed E-state index contributed by atoms with van der Waals surface area (Å²) in [5, 5.41) is 9.54. The van der Waals surface area contributed by atoms with Gasteiger partial charge in [0, 0.05) is 11.3 Å². The SMILES string of the molecule is CCOC(=O)c1nnc(CCCc2cccs2)o1. The topological polar surface area (TPSA) is 65.2 Å². The number of hydrogen-bond acceptors (Lipinski definition) is 6. The van der Waals surface area contributed by atoms with Gasteiger partial charge in [0.05, 0.1) is 6.61 Å². The van der Waals surface area contributed by atoms with Crippen LogP contribution < -0.4 is 0 Å². The van der Waals surface area contributed by atoms with Crippen molar-refractivity contribution < 1.29 is 13.9 Å². The number of nitrogens with zero attached hydrogens (tertiary/aromatic N) is 2. The third kappa shape index (κ3) is 3.40. The van der Waals surface area contributed by atoms with Gasteiger partial charge in [-0.05, 0) is 31.2 Å². The van der Waals surface area contributed by atoms with Crippen LogP contribution in [0, 0.1) is 0 Å². The van der Waals surface area contributed by atoms with Gasteiger partial charge in [0.25, 0.3) is 0 Å². The van der Waals surface area contributed by atoms with Gasteiger partial charge in [0.15, 0.2) is 0 Å². The van der Waals surface area contributed by atoms with Crippen molar-refractivity contribution in [2.45, 2.75) is 26.2 Å². The van der Waals surface area contributed by atoms with Gasteiger partial charge >= 0.3 is 11.9 Å². The maximum absolute atomic E-state index is 11.3. The van der Waals surface area contributed by atoms with Gasteiger partial charge in [-0.15, -0.1) is 21.5 Å². The lowest BCUT2D eigenvalue weighted by atomic mass is 10.2. The highest BCUT2D eigenvalue weighted by molar-refractivity contribution is 7.09. The maximum atomic E-state index is 11.3. The van der Waals surface area contributed by atoms with Crippen LogP contribution in [-0.4, -0.2) is 22.8 Å². The molecule has 0 aliphatic rings. The predicted molar refractivity (Wildman–Crippen MR) is 66.6 cm³/mol. The average molecular weight is 266 g/mol. The van der Waals surface area contributed by atoms with Crippen molar-refractivity contribution in [2.75, 3.05) is 6.61 Å². The third-order valence-electron chi connectivity index (χ3n) is 2.31. The maximum Gasteiger partial charge on any atom is 0.396 e. The van der Waals surface area contributed by atoms with Crippen molar-refractivity contribution in [1.29, 1.82) is 0 Å². The van der Waals surface area contributed by atoms with Crippen molar-refractivity contribution in [3.05, 3.63) is 34.2 Å². The second kappa shape index (κ2) is 6.30. The minimum atomic E-state index is -0.561. The van der Waals surface area contributed by atoms with Crippen LogP contribution in [0.15, 0.2) is 21.9 Å². The smallest absolute Gasteiger partial charge is 0.396 e. The zero-order valence-corrected chi connectivity index (χ0v) is 10.9. The van der Waals surface area contributed by atoms with Gasteiger partial charge < -0.3 is 9.15 Å². The first kappa shape index (κ1) is 12.8. The Morgan fingerprint density at radius 2 is 2.33 bits per heavy atom. The summed E-state index contributed by atoms with van der Waals surface area (Å²) in [5.41, 5.74) is 0. The quantitative estimate of drug-likeness (QED) is 0.751. The Morgan fingerprint density at radius 3 is 3.06 bits per heavy atom. The number of esters is 1. The van der Waals surface area contributed by atoms with E-state index in [9.17, 15) is 4.79 Å². The summed E-state index contributed by atoms with van der Waals surface area (Å²) in [4.78, 5) is 12.6. The van der Waals surface area contributed by atoms with E-state index in [1.54, 1.807) is 18.3 Å². The molecule has 96 valence electrons. The molecule has 2 heterocycles. The summed E-state index contributed by atoms with van der Waals surface area (Å²) in [7, 11) is 0. The molecule has 2 aromatic heterocycles. The van der Waals surface area contributed by atoms with E-state index in [2.05, 4.69) is 21.6 Å². The van der Waals surface area contributed by atoms with Gasteiger partial charge in [-0.1, -0.05) is 6.07 Å². The Bertz CT molecular complexity index is 493. The number of aromatic nitrogens is 2. The first-order valence-corrected chi connectivity index (χ1v) is 6.69. The molecule has 0 amide bonds. The molecule has 0 spiro atoms. The fourth-order valence-electron chi connectivity index (χ4n) is 1.50. The second-order valence-corrected chi connectivity index (χ2v) is 4.69. The highest BCUT2D eigenvalue weighted by atomic mass is 32.1. The van der Waals surface area contributed by atoms with Gasteiger partial charge in [-0.3, -0.25) is 0 Å². The highest BCUT2D eigenvalue weighted by Gasteiger charge is 2.15. The van der Waals surface area contributed by atoms with Crippen molar-refractivity contribution in [1.82, 2.24) is 10.2 Å². The predicted octanol–water partition coefficient (Wildman–Crippen LogP) is 2.48. The molecule has 6 heteroatoms. The summed E-state index contributed by atoms with van der Waals surface area (Å²) in [6.07, 6.45) is 2.57. The number of ether oxygens (including phenoxy) is 1. The lowest BCUT2D eigenvalue weighted by Gasteiger charge is -1.95. The van der Waals surface area contributed by atoms with Crippen molar-refractivity contribution in [3.63, 3.8) is 0 Å². The van der Waals surface area contributed by atoms with Crippen LogP contribution in [0.1, 0.15) is 34.8 Å². The first-order valence-electron chi connectivity index (χ1n) is 5.81. The standard InChI is InChI=1S/C12H14N2O3S/c1-2-16-12(15)11-14-13-10(17-11)7-3-5-9-6-4-8-18-9/h4,6,8H,2-3,5,7H2,1H3. The average Bonchev–Trinajstić information content (AvgIpc) is 3.00. The van der Waals surface area contributed by atoms with Crippen LogP contribution >= 0.6 is 11.3 Å². The summed E-state index contributed by atoms with van der Waals surface area (Å²) in [6.45, 7) is 2.03. The van der Waals surface area contributed by atoms with Gasteiger partial charge in [-0.25, -0.2) is 4.79 Å². The molecular weight excluding hydrogens is 252 g/mol. The van der Waals surface area contributed by atoms with E-state index in [1.165, 1.54) is 4.88 Å². The molecule has 5 nitrogen and oxygen atoms in total. The van der Waals surface area contributed by atoms with Crippen LogP contribution in [-0.2, 0) is 17.6 Å². The Hall–Kier alpha value is -1.69. The van der Waals surface area contributed by atoms with Crippen LogP contribution in [0.2, 0.25) is 0 Å². The molecule has 2 aromatic rings. The molecule has 0 aliphatic carbocycles. The van der Waals surface area contributed by atoms with Gasteiger partial charge in [0.2, 0.25) is 5.89 Å². The lowest BCUT2D eigenvalue weighted by Crippen LogP contribution is -2.04. The van der Waals surface area contributed by atoms with Crippen molar-refractivity contribution in [3.8, 4) is 0 Å². The molecule has 0 aliphatic heterocycles. The van der Waals surface area contributed by atoms with Crippen LogP contribution in [0.4, 0.5) is 0 Å². The Balaban J connectivity index is 1.81. The molecule has 0 saturated carbocycles. The van der Waals surface area contributed by atoms with E-state index < -0.39 is 5.97 Å². The summed E-state index contributed by atoms with van der Waals surface area (Å²) < 4.78 is 10.00. The minimum Gasteiger partial charge on any atom is -0.459 e. The van der Waals surface area contributed by atoms with E-state index in [1.807, 2.05) is 6.07 Å². The molecule has 0 aromatic carbocycles. The molecule has 0 radical (unpaired) electrons. The number of aryl methyl sites for hydroxylation is 2. The van der Waals surface area contributed by atoms with E-state index in [4.69, 9.17) is 9.15 Å². The van der Waals surface area contributed by atoms with Gasteiger partial charge in [-0.2, -0.15) is 0 Å². The molecule has 0 atom stereocenters. The fourth-order valence-corrected chi connectivity index (χ4v) is 2.25. The molecule has 0 bridgehead atoms. The number of carbonyl (C=O) groups excluding carboxylic acids is 1. The lowest BCUT2D eigenvalue weighted by molar-refractivity contribution is 0.0478. The zero-order chi connectivity index (χ0) is 12.8. The van der Waals surface area contributed by atoms with E-state index in [0.717, 1.165) is 12.8 Å². The van der Waals surface area contributed by atoms with Crippen molar-refractivity contribution in [2.24, 2.45) is 0 Å². The highest BCUT2D eigenvalue weighted by Crippen LogP contribution is 2.13. The van der Waals surface area contributed by atoms with Gasteiger partial charge in [0.1, 0.15) is 0 Å². The summed E-state index contributed by atoms with van der Waals surface area (Å²) in [5.74, 6) is -0.146. The molecule has 0 fully saturated rings. The third-order valence-corrected chi connectivity index (χ3v) is 3.25. The molecule has 0 N–H and O–H groups in total. The number of thiophene rings is 1. The molecule has 2 rings (SSSR count). The molecular formula is C12H14N2O3S. The Morgan fingerprint density at radius 1 is 1.44 bits per heavy atom. The first-order chi connectivity index (χ1) is 8.79. The Kier molecular flexibility index (Phi) is 4.46. The minimum absolute atomic E-state index is 0.0667. The number of hydrogen-bond donors (Lipinski definition) is 0. The largest absolute Gasteiger partial charge is 0.459 e. The van der Waals surface area contributed by atoms with E-state index >= 15 is 0 Å². The zero-order valence-electron chi connectivity index (χ0n) is 10.1. The Labute approximate surface area is 109 Å². The van der Waals surface area contributed by atoms with E-state index in [0.29, 0.717) is 18.9 Å². The van der Waals surface area contributed by atoms with Crippen LogP contribution in [0.25, 0.3) is 0 Å². The number of carbonyl (C=O) groups is 1. The van der Waals surface area contributed by atoms with Crippen molar-refractivity contribution >= 4 is 17.3 Å². The molecule has 0 saturated heterocycles. The normalized spacial score (nSPS) is 10.5. The summed E-state index contributed by atoms with van der Waals surface area (Å²) in [6, 6.07) is 4.13. The summed E-state index contributed by atoms with van der Waals surface area (Å²) >= 11 is 1.73. The fraction of sp³-hybridized carbons (Fsp3) is 0.417. The molecule has 0 unspecified atom stereocenters. The monoisotopic (exact) mass is 266 g/mol. The van der Waals surface area contributed by atoms with Crippen LogP contribution in [0.3, 0.4) is 0 Å². The van der Waals surface area contributed by atoms with E-state index in [-0.39, 0.29) is 5.89 Å².